The Bertz CT molecular complexity index is 5720. The summed E-state index contributed by atoms with van der Waals surface area (Å²) in [5.74, 6) is 3.45. The summed E-state index contributed by atoms with van der Waals surface area (Å²) in [7, 11) is 0. The van der Waals surface area contributed by atoms with E-state index in [2.05, 4.69) is 318 Å². The third-order valence-corrected chi connectivity index (χ3v) is 20.5. The predicted molar refractivity (Wildman–Crippen MR) is 449 cm³/mol. The van der Waals surface area contributed by atoms with Crippen LogP contribution < -0.4 is 39.2 Å². The summed E-state index contributed by atoms with van der Waals surface area (Å²) < 4.78 is 12.1. The summed E-state index contributed by atoms with van der Waals surface area (Å²) in [6, 6.07) is 100. The minimum Gasteiger partial charge on any atom is -0.493 e. The zero-order valence-electron chi connectivity index (χ0n) is 64.4. The van der Waals surface area contributed by atoms with Crippen LogP contribution in [0.3, 0.4) is 0 Å². The summed E-state index contributed by atoms with van der Waals surface area (Å²) in [6.07, 6.45) is 7.12. The van der Waals surface area contributed by atoms with Crippen LogP contribution in [0.5, 0.6) is 0 Å². The van der Waals surface area contributed by atoms with Crippen molar-refractivity contribution in [2.24, 2.45) is 0 Å². The number of furan rings is 2. The van der Waals surface area contributed by atoms with Crippen LogP contribution in [-0.4, -0.2) is 19.9 Å². The summed E-state index contributed by atoms with van der Waals surface area (Å²) >= 11 is 0. The molecule has 0 bridgehead atoms. The Balaban J connectivity index is 0.000000131. The van der Waals surface area contributed by atoms with Gasteiger partial charge in [0.2, 0.25) is 0 Å². The van der Waals surface area contributed by atoms with Crippen LogP contribution >= 0.6 is 0 Å². The van der Waals surface area contributed by atoms with E-state index in [4.69, 9.17) is 8.83 Å². The Hall–Kier alpha value is -10.6. The molecule has 0 spiro atoms. The monoisotopic (exact) mass is 2200 g/mol. The molecule has 16 aromatic rings. The molecule has 0 N–H and O–H groups in total. The Morgan fingerprint density at radius 1 is 0.281 bits per heavy atom. The summed E-state index contributed by atoms with van der Waals surface area (Å²) in [5.41, 5.74) is 24.1. The van der Waals surface area contributed by atoms with Crippen LogP contribution in [0.25, 0.3) is 43.9 Å². The van der Waals surface area contributed by atoms with Crippen LogP contribution in [0.1, 0.15) is 74.9 Å². The SMILES string of the molecule is Cc1c(N2[CH-]N(c3[c-]cccc3)c3cccnc32)ccc2oc3ccccc3c12.Cc1c(N2[CH-]N(c3[c-]cccc3)c3ncccc32)ccc2oc3ccccc3c12.Cc1ccccc1N1[CH-]N(c2[c-]ccc(C(C)(C)C)c2)c2ccccc21.Cc1ccccc1N1[CH-]N(c2[c-]ccc(C(C)(C)C)c2)c2nccnc21.[Ir].[Ir].[Ir].[Ir]. The number of rotatable bonds is 8. The maximum absolute atomic E-state index is 6.05. The first kappa shape index (κ1) is 81.4. The number of fused-ring (bicyclic) bond motifs is 10. The van der Waals surface area contributed by atoms with Gasteiger partial charge in [0.1, 0.15) is 45.6 Å². The Morgan fingerprint density at radius 2 is 0.632 bits per heavy atom. The predicted octanol–water partition coefficient (Wildman–Crippen LogP) is 24.8. The van der Waals surface area contributed by atoms with Gasteiger partial charge in [-0.2, -0.15) is 108 Å². The molecule has 0 atom stereocenters. The number of pyridine rings is 2. The first-order valence-electron chi connectivity index (χ1n) is 37.0. The average molecular weight is 2200 g/mol. The van der Waals surface area contributed by atoms with Crippen LogP contribution in [0.4, 0.5) is 91.5 Å². The van der Waals surface area contributed by atoms with Gasteiger partial charge in [-0.05, 0) is 146 Å². The summed E-state index contributed by atoms with van der Waals surface area (Å²) in [4.78, 5) is 35.7. The second-order valence-corrected chi connectivity index (χ2v) is 29.7. The number of benzene rings is 11. The second-order valence-electron chi connectivity index (χ2n) is 29.7. The normalized spacial score (nSPS) is 13.1. The number of hydrogen-bond acceptors (Lipinski definition) is 14. The van der Waals surface area contributed by atoms with Crippen molar-refractivity contribution in [2.75, 3.05) is 39.2 Å². The molecule has 114 heavy (non-hydrogen) atoms. The quantitative estimate of drug-likeness (QED) is 0.135. The van der Waals surface area contributed by atoms with E-state index in [1.54, 1.807) is 12.4 Å². The molecule has 5 aromatic heterocycles. The molecule has 20 rings (SSSR count). The van der Waals surface area contributed by atoms with Crippen molar-refractivity contribution < 1.29 is 89.3 Å². The topological polar surface area (TPSA) is 104 Å². The van der Waals surface area contributed by atoms with E-state index in [1.807, 2.05) is 128 Å². The van der Waals surface area contributed by atoms with Crippen molar-refractivity contribution in [3.05, 3.63) is 364 Å². The van der Waals surface area contributed by atoms with E-state index in [1.165, 1.54) is 50.4 Å². The van der Waals surface area contributed by atoms with Gasteiger partial charge in [0.25, 0.3) is 0 Å². The summed E-state index contributed by atoms with van der Waals surface area (Å²) in [6.45, 7) is 30.3. The molecule has 0 saturated carbocycles. The molecule has 18 heteroatoms. The standard InChI is InChI=1S/2C25H17N3O.C24H24N2.C22H22N4.4Ir/c1-17-20(13-14-23-24(17)19-10-5-6-12-22(19)29-23)28-16-27(18-8-3-2-4-9-18)25-21(28)11-7-15-26-25;1-17-20(13-14-23-24(17)19-10-5-6-12-22(19)29-23)28-16-27(18-8-3-2-4-9-18)21-11-7-15-26-25(21)28;1-18-10-5-6-13-21(18)26-17-25(22-14-7-8-15-23(22)26)20-12-9-11-19(16-20)24(2,3)4;1-16-8-5-6-11-19(16)26-15-25(20-21(26)24-13-12-23-20)18-10-7-9-17(14-18)22(2,3)4;;;;/h2*2-8,10-16H,1H3;5-11,13-17H,1-4H3;5-9,11-15H,1-4H3;;;;/q4*-2;;;;. The number of para-hydroxylation sites is 8. The number of hydrogen-bond donors (Lipinski definition) is 0. The van der Waals surface area contributed by atoms with E-state index in [0.717, 1.165) is 118 Å². The molecule has 4 radical (unpaired) electrons. The van der Waals surface area contributed by atoms with Crippen molar-refractivity contribution >= 4 is 135 Å². The number of anilines is 16. The fourth-order valence-corrected chi connectivity index (χ4v) is 14.8. The smallest absolute Gasteiger partial charge is 0.145 e. The van der Waals surface area contributed by atoms with Crippen LogP contribution in [0.15, 0.2) is 288 Å². The molecule has 4 aliphatic heterocycles. The Labute approximate surface area is 721 Å². The molecule has 0 aliphatic carbocycles. The van der Waals surface area contributed by atoms with Crippen molar-refractivity contribution in [3.63, 3.8) is 0 Å². The fraction of sp³-hybridized carbons (Fsp3) is 0.125. The minimum atomic E-state index is 0. The molecule has 11 aromatic carbocycles. The van der Waals surface area contributed by atoms with Crippen molar-refractivity contribution in [3.8, 4) is 0 Å². The number of aryl methyl sites for hydroxylation is 4. The van der Waals surface area contributed by atoms with E-state index in [-0.39, 0.29) is 91.3 Å². The maximum atomic E-state index is 6.05. The Kier molecular flexibility index (Phi) is 24.4. The molecular weight excluding hydrogens is 2120 g/mol. The molecule has 0 amide bonds. The van der Waals surface area contributed by atoms with E-state index < -0.39 is 0 Å². The fourth-order valence-electron chi connectivity index (χ4n) is 14.8. The molecule has 4 aliphatic rings. The van der Waals surface area contributed by atoms with Crippen LogP contribution in [0.2, 0.25) is 0 Å². The largest absolute Gasteiger partial charge is 0.493 e. The van der Waals surface area contributed by atoms with E-state index >= 15 is 0 Å². The number of nitrogens with zero attached hydrogens (tertiary/aromatic N) is 12. The van der Waals surface area contributed by atoms with E-state index in [0.29, 0.717) is 0 Å². The first-order valence-corrected chi connectivity index (χ1v) is 37.0. The molecule has 14 nitrogen and oxygen atoms in total. The van der Waals surface area contributed by atoms with Crippen molar-refractivity contribution in [1.82, 2.24) is 19.9 Å². The molecule has 9 heterocycles. The van der Waals surface area contributed by atoms with Gasteiger partial charge in [-0.25, -0.2) is 19.9 Å². The molecule has 580 valence electrons. The maximum Gasteiger partial charge on any atom is 0.145 e. The number of aromatic nitrogens is 4. The molecule has 0 unspecified atom stereocenters. The van der Waals surface area contributed by atoms with Gasteiger partial charge in [-0.3, -0.25) is 0 Å². The Morgan fingerprint density at radius 3 is 1.15 bits per heavy atom. The van der Waals surface area contributed by atoms with Crippen molar-refractivity contribution in [1.29, 1.82) is 0 Å². The molecular formula is C96H80Ir4N12O2-8. The zero-order valence-corrected chi connectivity index (χ0v) is 74.0. The van der Waals surface area contributed by atoms with Gasteiger partial charge in [0, 0.05) is 161 Å². The van der Waals surface area contributed by atoms with Gasteiger partial charge in [-0.1, -0.05) is 126 Å². The second kappa shape index (κ2) is 34.2. The zero-order chi connectivity index (χ0) is 75.4. The van der Waals surface area contributed by atoms with E-state index in [9.17, 15) is 0 Å². The third-order valence-electron chi connectivity index (χ3n) is 20.5. The first-order chi connectivity index (χ1) is 53.5. The van der Waals surface area contributed by atoms with Gasteiger partial charge in [0.15, 0.2) is 0 Å². The minimum absolute atomic E-state index is 0. The van der Waals surface area contributed by atoms with Crippen molar-refractivity contribution in [2.45, 2.75) is 80.1 Å². The van der Waals surface area contributed by atoms with Gasteiger partial charge in [-0.15, -0.1) is 61.6 Å². The van der Waals surface area contributed by atoms with Crippen LogP contribution in [0, 0.1) is 78.6 Å². The molecule has 0 fully saturated rings. The van der Waals surface area contributed by atoms with Gasteiger partial charge < -0.3 is 48.0 Å². The average Bonchev–Trinajstić information content (AvgIpc) is 1.60. The van der Waals surface area contributed by atoms with Crippen LogP contribution in [-0.2, 0) is 91.3 Å². The van der Waals surface area contributed by atoms with Gasteiger partial charge >= 0.3 is 0 Å². The van der Waals surface area contributed by atoms with Gasteiger partial charge in [0.05, 0.1) is 11.4 Å². The molecule has 0 saturated heterocycles. The summed E-state index contributed by atoms with van der Waals surface area (Å²) in [5, 5.41) is 4.58. The third kappa shape index (κ3) is 15.7.